The molecule has 2 amide bonds. The zero-order valence-corrected chi connectivity index (χ0v) is 17.4. The Labute approximate surface area is 177 Å². The first-order valence-electron chi connectivity index (χ1n) is 8.97. The van der Waals surface area contributed by atoms with Crippen molar-refractivity contribution in [1.82, 2.24) is 10.3 Å². The number of aromatic nitrogens is 1. The monoisotopic (exact) mass is 427 g/mol. The molecule has 0 spiro atoms. The van der Waals surface area contributed by atoms with Gasteiger partial charge in [-0.2, -0.15) is 11.8 Å². The fourth-order valence-electron chi connectivity index (χ4n) is 2.66. The van der Waals surface area contributed by atoms with Crippen LogP contribution in [0.2, 0.25) is 0 Å². The van der Waals surface area contributed by atoms with E-state index in [1.807, 2.05) is 42.0 Å². The highest BCUT2D eigenvalue weighted by molar-refractivity contribution is 7.98. The summed E-state index contributed by atoms with van der Waals surface area (Å²) in [4.78, 5) is 29.7. The van der Waals surface area contributed by atoms with Crippen LogP contribution < -0.4 is 10.6 Å². The van der Waals surface area contributed by atoms with Crippen LogP contribution in [0.25, 0.3) is 11.3 Å². The van der Waals surface area contributed by atoms with E-state index in [1.54, 1.807) is 23.9 Å². The van der Waals surface area contributed by atoms with Crippen LogP contribution in [0.3, 0.4) is 0 Å². The Morgan fingerprint density at radius 3 is 2.69 bits per heavy atom. The largest absolute Gasteiger partial charge is 0.508 e. The lowest BCUT2D eigenvalue weighted by Crippen LogP contribution is -2.44. The first kappa shape index (κ1) is 20.9. The molecule has 1 heterocycles. The smallest absolute Gasteiger partial charge is 0.252 e. The SMILES string of the molecule is CSCCC(NC(=O)c1cccc(O)c1)C(=O)Nc1nc(-c2ccccc2)cs1. The third-order valence-corrected chi connectivity index (χ3v) is 5.55. The summed E-state index contributed by atoms with van der Waals surface area (Å²) in [5.41, 5.74) is 2.06. The molecule has 0 radical (unpaired) electrons. The molecule has 3 rings (SSSR count). The minimum Gasteiger partial charge on any atom is -0.508 e. The molecule has 3 N–H and O–H groups in total. The molecular weight excluding hydrogens is 406 g/mol. The number of nitrogens with one attached hydrogen (secondary N) is 2. The molecule has 0 bridgehead atoms. The van der Waals surface area contributed by atoms with Crippen molar-refractivity contribution in [2.24, 2.45) is 0 Å². The Morgan fingerprint density at radius 1 is 1.17 bits per heavy atom. The van der Waals surface area contributed by atoms with Crippen LogP contribution in [0.5, 0.6) is 5.75 Å². The molecule has 6 nitrogen and oxygen atoms in total. The van der Waals surface area contributed by atoms with Crippen molar-refractivity contribution in [3.8, 4) is 17.0 Å². The first-order valence-corrected chi connectivity index (χ1v) is 11.2. The van der Waals surface area contributed by atoms with Gasteiger partial charge in [0.2, 0.25) is 5.91 Å². The number of thioether (sulfide) groups is 1. The molecule has 0 fully saturated rings. The molecular formula is C21H21N3O3S2. The Morgan fingerprint density at radius 2 is 1.97 bits per heavy atom. The number of hydrogen-bond acceptors (Lipinski definition) is 6. The number of phenolic OH excluding ortho intramolecular Hbond substituents is 1. The topological polar surface area (TPSA) is 91.3 Å². The number of phenols is 1. The van der Waals surface area contributed by atoms with E-state index in [0.29, 0.717) is 22.9 Å². The first-order chi connectivity index (χ1) is 14.1. The van der Waals surface area contributed by atoms with Crippen molar-refractivity contribution in [3.05, 3.63) is 65.5 Å². The van der Waals surface area contributed by atoms with Crippen LogP contribution in [0.4, 0.5) is 5.13 Å². The highest BCUT2D eigenvalue weighted by Gasteiger charge is 2.22. The highest BCUT2D eigenvalue weighted by Crippen LogP contribution is 2.24. The quantitative estimate of drug-likeness (QED) is 0.505. The van der Waals surface area contributed by atoms with E-state index in [1.165, 1.54) is 23.5 Å². The van der Waals surface area contributed by atoms with Gasteiger partial charge in [-0.05, 0) is 36.6 Å². The summed E-state index contributed by atoms with van der Waals surface area (Å²) in [6.07, 6.45) is 2.42. The summed E-state index contributed by atoms with van der Waals surface area (Å²) in [6.45, 7) is 0. The summed E-state index contributed by atoms with van der Waals surface area (Å²) < 4.78 is 0. The molecule has 29 heavy (non-hydrogen) atoms. The van der Waals surface area contributed by atoms with Crippen molar-refractivity contribution in [3.63, 3.8) is 0 Å². The van der Waals surface area contributed by atoms with Gasteiger partial charge >= 0.3 is 0 Å². The second-order valence-electron chi connectivity index (χ2n) is 6.25. The fourth-order valence-corrected chi connectivity index (χ4v) is 3.85. The zero-order chi connectivity index (χ0) is 20.6. The Hall–Kier alpha value is -2.84. The maximum absolute atomic E-state index is 12.8. The molecule has 3 aromatic rings. The van der Waals surface area contributed by atoms with E-state index < -0.39 is 11.9 Å². The molecule has 1 aromatic heterocycles. The number of carbonyl (C=O) groups excluding carboxylic acids is 2. The summed E-state index contributed by atoms with van der Waals surface area (Å²) in [6, 6.07) is 15.0. The Balaban J connectivity index is 1.69. The molecule has 0 aliphatic rings. The highest BCUT2D eigenvalue weighted by atomic mass is 32.2. The average molecular weight is 428 g/mol. The van der Waals surface area contributed by atoms with Crippen LogP contribution >= 0.6 is 23.1 Å². The van der Waals surface area contributed by atoms with Crippen molar-refractivity contribution in [2.75, 3.05) is 17.3 Å². The van der Waals surface area contributed by atoms with Crippen LogP contribution in [0.15, 0.2) is 60.0 Å². The zero-order valence-electron chi connectivity index (χ0n) is 15.8. The van der Waals surface area contributed by atoms with Crippen molar-refractivity contribution >= 4 is 40.0 Å². The minimum absolute atomic E-state index is 0.000933. The predicted molar refractivity (Wildman–Crippen MR) is 119 cm³/mol. The number of benzene rings is 2. The number of anilines is 1. The minimum atomic E-state index is -0.707. The van der Waals surface area contributed by atoms with Gasteiger partial charge in [-0.3, -0.25) is 9.59 Å². The summed E-state index contributed by atoms with van der Waals surface area (Å²) in [5.74, 6) is -0.0160. The number of nitrogens with zero attached hydrogens (tertiary/aromatic N) is 1. The van der Waals surface area contributed by atoms with E-state index in [2.05, 4.69) is 15.6 Å². The fraction of sp³-hybridized carbons (Fsp3) is 0.190. The molecule has 0 saturated carbocycles. The van der Waals surface area contributed by atoms with Gasteiger partial charge in [0, 0.05) is 16.5 Å². The van der Waals surface area contributed by atoms with Crippen molar-refractivity contribution in [2.45, 2.75) is 12.5 Å². The Kier molecular flexibility index (Phi) is 7.26. The molecule has 1 atom stereocenters. The van der Waals surface area contributed by atoms with Gasteiger partial charge in [-0.1, -0.05) is 36.4 Å². The molecule has 150 valence electrons. The van der Waals surface area contributed by atoms with E-state index in [9.17, 15) is 14.7 Å². The van der Waals surface area contributed by atoms with Crippen LogP contribution in [0, 0.1) is 0 Å². The lowest BCUT2D eigenvalue weighted by Gasteiger charge is -2.17. The number of amides is 2. The van der Waals surface area contributed by atoms with E-state index in [-0.39, 0.29) is 11.7 Å². The van der Waals surface area contributed by atoms with Gasteiger partial charge in [0.05, 0.1) is 5.69 Å². The van der Waals surface area contributed by atoms with Crippen LogP contribution in [0.1, 0.15) is 16.8 Å². The van der Waals surface area contributed by atoms with Crippen LogP contribution in [-0.2, 0) is 4.79 Å². The lowest BCUT2D eigenvalue weighted by molar-refractivity contribution is -0.118. The number of thiazole rings is 1. The van der Waals surface area contributed by atoms with E-state index in [4.69, 9.17) is 0 Å². The normalized spacial score (nSPS) is 11.6. The van der Waals surface area contributed by atoms with E-state index >= 15 is 0 Å². The maximum Gasteiger partial charge on any atom is 0.252 e. The number of rotatable bonds is 8. The number of aromatic hydroxyl groups is 1. The van der Waals surface area contributed by atoms with Crippen molar-refractivity contribution in [1.29, 1.82) is 0 Å². The second-order valence-corrected chi connectivity index (χ2v) is 8.09. The van der Waals surface area contributed by atoms with Crippen LogP contribution in [-0.4, -0.2) is 40.0 Å². The lowest BCUT2D eigenvalue weighted by atomic mass is 10.1. The van der Waals surface area contributed by atoms with Gasteiger partial charge < -0.3 is 15.7 Å². The molecule has 8 heteroatoms. The third-order valence-electron chi connectivity index (χ3n) is 4.14. The molecule has 2 aromatic carbocycles. The second kappa shape index (κ2) is 10.1. The average Bonchev–Trinajstić information content (AvgIpc) is 3.20. The predicted octanol–water partition coefficient (Wildman–Crippen LogP) is 4.01. The van der Waals surface area contributed by atoms with Gasteiger partial charge in [0.1, 0.15) is 11.8 Å². The number of carbonyl (C=O) groups is 2. The summed E-state index contributed by atoms with van der Waals surface area (Å²) >= 11 is 2.93. The third kappa shape index (κ3) is 5.82. The molecule has 0 saturated heterocycles. The van der Waals surface area contributed by atoms with Gasteiger partial charge in [-0.25, -0.2) is 4.98 Å². The van der Waals surface area contributed by atoms with Gasteiger partial charge in [0.15, 0.2) is 5.13 Å². The van der Waals surface area contributed by atoms with Gasteiger partial charge in [-0.15, -0.1) is 11.3 Å². The van der Waals surface area contributed by atoms with Gasteiger partial charge in [0.25, 0.3) is 5.91 Å². The summed E-state index contributed by atoms with van der Waals surface area (Å²) in [5, 5.41) is 17.5. The molecule has 1 unspecified atom stereocenters. The standard InChI is InChI=1S/C21H21N3O3S2/c1-28-11-10-17(22-19(26)15-8-5-9-16(25)12-15)20(27)24-21-23-18(13-29-21)14-6-3-2-4-7-14/h2-9,12-13,17,25H,10-11H2,1H3,(H,22,26)(H,23,24,27). The van der Waals surface area contributed by atoms with Crippen molar-refractivity contribution < 1.29 is 14.7 Å². The Bertz CT molecular complexity index is 976. The number of hydrogen-bond donors (Lipinski definition) is 3. The summed E-state index contributed by atoms with van der Waals surface area (Å²) in [7, 11) is 0. The molecule has 0 aliphatic heterocycles. The molecule has 0 aliphatic carbocycles. The van der Waals surface area contributed by atoms with E-state index in [0.717, 1.165) is 11.3 Å². The maximum atomic E-state index is 12.8.